The van der Waals surface area contributed by atoms with Gasteiger partial charge in [-0.2, -0.15) is 5.10 Å². The fourth-order valence-electron chi connectivity index (χ4n) is 2.03. The summed E-state index contributed by atoms with van der Waals surface area (Å²) in [4.78, 5) is 0. The largest absolute Gasteiger partial charge is 0.394 e. The molecular weight excluding hydrogens is 254 g/mol. The molecule has 0 aliphatic heterocycles. The van der Waals surface area contributed by atoms with Crippen LogP contribution in [-0.4, -0.2) is 41.7 Å². The molecule has 20 heavy (non-hydrogen) atoms. The molecule has 0 atom stereocenters. The van der Waals surface area contributed by atoms with E-state index in [-0.39, 0.29) is 6.61 Å². The van der Waals surface area contributed by atoms with Gasteiger partial charge in [0.2, 0.25) is 0 Å². The van der Waals surface area contributed by atoms with Gasteiger partial charge in [0.15, 0.2) is 0 Å². The number of hydrogen-bond donors (Lipinski definition) is 3. The predicted molar refractivity (Wildman–Crippen MR) is 78.4 cm³/mol. The summed E-state index contributed by atoms with van der Waals surface area (Å²) < 4.78 is 5.20. The molecule has 108 valence electrons. The van der Waals surface area contributed by atoms with Gasteiger partial charge in [0, 0.05) is 24.2 Å². The van der Waals surface area contributed by atoms with Crippen molar-refractivity contribution in [3.05, 3.63) is 41.6 Å². The van der Waals surface area contributed by atoms with E-state index in [2.05, 4.69) is 40.6 Å². The Bertz CT molecular complexity index is 525. The Hall–Kier alpha value is -1.69. The van der Waals surface area contributed by atoms with E-state index in [0.29, 0.717) is 13.2 Å². The number of aliphatic hydroxyl groups excluding tert-OH is 1. The van der Waals surface area contributed by atoms with Crippen LogP contribution >= 0.6 is 0 Å². The Morgan fingerprint density at radius 3 is 3.05 bits per heavy atom. The number of aromatic nitrogens is 2. The van der Waals surface area contributed by atoms with Crippen molar-refractivity contribution in [3.63, 3.8) is 0 Å². The SMILES string of the molecule is Cc1cccc(-c2[nH]ncc2CNCCOCCO)c1. The molecule has 0 fully saturated rings. The van der Waals surface area contributed by atoms with Crippen LogP contribution in [0.3, 0.4) is 0 Å². The second-order valence-electron chi connectivity index (χ2n) is 4.65. The first kappa shape index (κ1) is 14.7. The number of aryl methyl sites for hydroxylation is 1. The predicted octanol–water partition coefficient (Wildman–Crippen LogP) is 1.48. The van der Waals surface area contributed by atoms with Crippen LogP contribution in [0.5, 0.6) is 0 Å². The van der Waals surface area contributed by atoms with Crippen LogP contribution in [0.4, 0.5) is 0 Å². The number of benzene rings is 1. The topological polar surface area (TPSA) is 70.2 Å². The zero-order chi connectivity index (χ0) is 14.2. The highest BCUT2D eigenvalue weighted by Gasteiger charge is 2.07. The Kier molecular flexibility index (Phi) is 5.73. The van der Waals surface area contributed by atoms with Crippen molar-refractivity contribution in [1.29, 1.82) is 0 Å². The molecule has 0 unspecified atom stereocenters. The van der Waals surface area contributed by atoms with Crippen molar-refractivity contribution in [2.45, 2.75) is 13.5 Å². The lowest BCUT2D eigenvalue weighted by Gasteiger charge is -2.07. The molecule has 0 spiro atoms. The average Bonchev–Trinajstić information content (AvgIpc) is 2.91. The molecule has 0 aliphatic rings. The molecule has 1 aromatic carbocycles. The number of ether oxygens (including phenoxy) is 1. The van der Waals surface area contributed by atoms with E-state index in [0.717, 1.165) is 29.9 Å². The molecule has 0 amide bonds. The van der Waals surface area contributed by atoms with E-state index < -0.39 is 0 Å². The summed E-state index contributed by atoms with van der Waals surface area (Å²) in [7, 11) is 0. The minimum atomic E-state index is 0.0687. The summed E-state index contributed by atoms with van der Waals surface area (Å²) in [6.45, 7) is 4.62. The van der Waals surface area contributed by atoms with E-state index >= 15 is 0 Å². The first-order valence-corrected chi connectivity index (χ1v) is 6.80. The molecule has 1 heterocycles. The van der Waals surface area contributed by atoms with Crippen molar-refractivity contribution < 1.29 is 9.84 Å². The van der Waals surface area contributed by atoms with Crippen molar-refractivity contribution in [3.8, 4) is 11.3 Å². The first-order chi connectivity index (χ1) is 9.81. The van der Waals surface area contributed by atoms with Gasteiger partial charge in [0.1, 0.15) is 0 Å². The molecule has 5 nitrogen and oxygen atoms in total. The van der Waals surface area contributed by atoms with Crippen LogP contribution in [0.2, 0.25) is 0 Å². The number of hydrogen-bond acceptors (Lipinski definition) is 4. The molecule has 5 heteroatoms. The summed E-state index contributed by atoms with van der Waals surface area (Å²) in [5, 5.41) is 19.1. The van der Waals surface area contributed by atoms with E-state index in [9.17, 15) is 0 Å². The molecule has 2 aromatic rings. The van der Waals surface area contributed by atoms with Gasteiger partial charge in [-0.3, -0.25) is 5.10 Å². The molecule has 3 N–H and O–H groups in total. The maximum absolute atomic E-state index is 8.60. The minimum Gasteiger partial charge on any atom is -0.394 e. The van der Waals surface area contributed by atoms with Crippen LogP contribution in [0.1, 0.15) is 11.1 Å². The van der Waals surface area contributed by atoms with Crippen LogP contribution < -0.4 is 5.32 Å². The summed E-state index contributed by atoms with van der Waals surface area (Å²) in [5.41, 5.74) is 4.57. The lowest BCUT2D eigenvalue weighted by molar-refractivity contribution is 0.0938. The Balaban J connectivity index is 1.89. The molecule has 0 saturated heterocycles. The fourth-order valence-corrected chi connectivity index (χ4v) is 2.03. The zero-order valence-electron chi connectivity index (χ0n) is 11.7. The highest BCUT2D eigenvalue weighted by atomic mass is 16.5. The molecule has 0 saturated carbocycles. The van der Waals surface area contributed by atoms with Gasteiger partial charge in [0.05, 0.1) is 31.7 Å². The third-order valence-electron chi connectivity index (χ3n) is 3.00. The Labute approximate surface area is 119 Å². The standard InChI is InChI=1S/C15H21N3O2/c1-12-3-2-4-13(9-12)15-14(11-17-18-15)10-16-5-7-20-8-6-19/h2-4,9,11,16,19H,5-8,10H2,1H3,(H,17,18). The molecule has 1 aromatic heterocycles. The Morgan fingerprint density at radius 1 is 1.35 bits per heavy atom. The maximum atomic E-state index is 8.60. The number of nitrogens with one attached hydrogen (secondary N) is 2. The zero-order valence-corrected chi connectivity index (χ0v) is 11.7. The quantitative estimate of drug-likeness (QED) is 0.638. The van der Waals surface area contributed by atoms with Crippen molar-refractivity contribution in [1.82, 2.24) is 15.5 Å². The molecule has 0 radical (unpaired) electrons. The summed E-state index contributed by atoms with van der Waals surface area (Å²) in [5.74, 6) is 0. The number of aliphatic hydroxyl groups is 1. The van der Waals surface area contributed by atoms with E-state index in [1.807, 2.05) is 12.3 Å². The second kappa shape index (κ2) is 7.79. The van der Waals surface area contributed by atoms with Gasteiger partial charge in [-0.25, -0.2) is 0 Å². The van der Waals surface area contributed by atoms with E-state index in [1.54, 1.807) is 0 Å². The van der Waals surface area contributed by atoms with Gasteiger partial charge in [-0.15, -0.1) is 0 Å². The number of H-pyrrole nitrogens is 1. The number of aromatic amines is 1. The van der Waals surface area contributed by atoms with Crippen molar-refractivity contribution in [2.24, 2.45) is 0 Å². The molecule has 2 rings (SSSR count). The smallest absolute Gasteiger partial charge is 0.0698 e. The minimum absolute atomic E-state index is 0.0687. The normalized spacial score (nSPS) is 10.9. The van der Waals surface area contributed by atoms with Crippen LogP contribution in [0, 0.1) is 6.92 Å². The third kappa shape index (κ3) is 4.16. The number of nitrogens with zero attached hydrogens (tertiary/aromatic N) is 1. The Morgan fingerprint density at radius 2 is 2.25 bits per heavy atom. The van der Waals surface area contributed by atoms with Crippen LogP contribution in [0.25, 0.3) is 11.3 Å². The third-order valence-corrected chi connectivity index (χ3v) is 3.00. The summed E-state index contributed by atoms with van der Waals surface area (Å²) in [6, 6.07) is 8.34. The summed E-state index contributed by atoms with van der Waals surface area (Å²) in [6.07, 6.45) is 1.85. The maximum Gasteiger partial charge on any atom is 0.0698 e. The van der Waals surface area contributed by atoms with Crippen molar-refractivity contribution in [2.75, 3.05) is 26.4 Å². The fraction of sp³-hybridized carbons (Fsp3) is 0.400. The lowest BCUT2D eigenvalue weighted by Crippen LogP contribution is -2.20. The van der Waals surface area contributed by atoms with Gasteiger partial charge < -0.3 is 15.2 Å². The monoisotopic (exact) mass is 275 g/mol. The highest BCUT2D eigenvalue weighted by Crippen LogP contribution is 2.21. The average molecular weight is 275 g/mol. The van der Waals surface area contributed by atoms with Crippen molar-refractivity contribution >= 4 is 0 Å². The van der Waals surface area contributed by atoms with Crippen LogP contribution in [-0.2, 0) is 11.3 Å². The lowest BCUT2D eigenvalue weighted by atomic mass is 10.1. The second-order valence-corrected chi connectivity index (χ2v) is 4.65. The van der Waals surface area contributed by atoms with Gasteiger partial charge >= 0.3 is 0 Å². The van der Waals surface area contributed by atoms with Gasteiger partial charge in [-0.1, -0.05) is 23.8 Å². The molecule has 0 bridgehead atoms. The molecule has 0 aliphatic carbocycles. The van der Waals surface area contributed by atoms with E-state index in [4.69, 9.17) is 9.84 Å². The van der Waals surface area contributed by atoms with Crippen LogP contribution in [0.15, 0.2) is 30.5 Å². The highest BCUT2D eigenvalue weighted by molar-refractivity contribution is 5.63. The summed E-state index contributed by atoms with van der Waals surface area (Å²) >= 11 is 0. The number of rotatable bonds is 8. The first-order valence-electron chi connectivity index (χ1n) is 6.80. The molecular formula is C15H21N3O2. The van der Waals surface area contributed by atoms with E-state index in [1.165, 1.54) is 5.56 Å². The van der Waals surface area contributed by atoms with Gasteiger partial charge in [-0.05, 0) is 13.0 Å². The van der Waals surface area contributed by atoms with Gasteiger partial charge in [0.25, 0.3) is 0 Å².